The molecule has 0 unspecified atom stereocenters. The normalized spacial score (nSPS) is 11.5. The Morgan fingerprint density at radius 2 is 1.27 bits per heavy atom. The van der Waals surface area contributed by atoms with Crippen LogP contribution in [0, 0.1) is 0 Å². The zero-order chi connectivity index (χ0) is 38.3. The molecule has 8 aromatic rings. The highest BCUT2D eigenvalue weighted by Gasteiger charge is 2.14. The largest absolute Gasteiger partial charge is 0.378 e. The number of hydrogen-bond acceptors (Lipinski definition) is 8. The number of nitrogens with zero attached hydrogens (tertiary/aromatic N) is 6. The van der Waals surface area contributed by atoms with Gasteiger partial charge in [0, 0.05) is 72.3 Å². The second-order valence-corrected chi connectivity index (χ2v) is 13.8. The van der Waals surface area contributed by atoms with Gasteiger partial charge in [-0.25, -0.2) is 19.9 Å². The summed E-state index contributed by atoms with van der Waals surface area (Å²) < 4.78 is 0. The van der Waals surface area contributed by atoms with Gasteiger partial charge in [0.1, 0.15) is 35.6 Å². The number of aromatic nitrogens is 6. The van der Waals surface area contributed by atoms with Crippen molar-refractivity contribution in [1.29, 1.82) is 0 Å². The highest BCUT2D eigenvalue weighted by atomic mass is 35.5. The maximum absolute atomic E-state index is 6.07. The first-order valence-electron chi connectivity index (χ1n) is 18.4. The van der Waals surface area contributed by atoms with Crippen LogP contribution < -0.4 is 20.4 Å². The van der Waals surface area contributed by atoms with Crippen molar-refractivity contribution in [3.63, 3.8) is 0 Å². The minimum atomic E-state index is 0.154. The zero-order valence-electron chi connectivity index (χ0n) is 31.7. The fourth-order valence-electron chi connectivity index (χ4n) is 6.53. The second-order valence-electron chi connectivity index (χ2n) is 13.4. The number of aromatic amines is 2. The van der Waals surface area contributed by atoms with E-state index in [1.54, 1.807) is 12.7 Å². The Labute approximate surface area is 326 Å². The van der Waals surface area contributed by atoms with E-state index < -0.39 is 0 Å². The van der Waals surface area contributed by atoms with Crippen LogP contribution in [0.3, 0.4) is 0 Å². The Hall–Kier alpha value is -6.39. The van der Waals surface area contributed by atoms with E-state index >= 15 is 0 Å². The lowest BCUT2D eigenvalue weighted by Gasteiger charge is -2.21. The van der Waals surface area contributed by atoms with Crippen molar-refractivity contribution >= 4 is 62.4 Å². The Kier molecular flexibility index (Phi) is 11.2. The maximum atomic E-state index is 6.07. The Bertz CT molecular complexity index is 2490. The van der Waals surface area contributed by atoms with Gasteiger partial charge in [-0.15, -0.1) is 0 Å². The molecule has 0 saturated heterocycles. The first kappa shape index (κ1) is 36.9. The molecular weight excluding hydrogens is 704 g/mol. The summed E-state index contributed by atoms with van der Waals surface area (Å²) in [6.45, 7) is 8.51. The highest BCUT2D eigenvalue weighted by molar-refractivity contribution is 6.30. The number of halogens is 1. The van der Waals surface area contributed by atoms with Gasteiger partial charge in [-0.05, 0) is 86.5 Å². The van der Waals surface area contributed by atoms with Gasteiger partial charge >= 0.3 is 0 Å². The van der Waals surface area contributed by atoms with Gasteiger partial charge in [-0.1, -0.05) is 72.3 Å². The molecule has 8 rings (SSSR count). The molecule has 4 aromatic heterocycles. The first-order chi connectivity index (χ1) is 26.8. The fourth-order valence-corrected chi connectivity index (χ4v) is 6.72. The van der Waals surface area contributed by atoms with Crippen molar-refractivity contribution in [2.24, 2.45) is 0 Å². The molecule has 1 atom stereocenters. The van der Waals surface area contributed by atoms with Crippen molar-refractivity contribution in [2.75, 3.05) is 47.6 Å². The van der Waals surface area contributed by atoms with E-state index in [-0.39, 0.29) is 6.04 Å². The fraction of sp³-hybridized carbons (Fsp3) is 0.182. The maximum Gasteiger partial charge on any atom is 0.143 e. The van der Waals surface area contributed by atoms with E-state index in [1.165, 1.54) is 11.3 Å². The third-order valence-electron chi connectivity index (χ3n) is 9.57. The van der Waals surface area contributed by atoms with Crippen molar-refractivity contribution in [2.45, 2.75) is 26.8 Å². The molecule has 0 aliphatic carbocycles. The number of fused-ring (bicyclic) bond motifs is 2. The van der Waals surface area contributed by atoms with Gasteiger partial charge in [0.2, 0.25) is 0 Å². The average molecular weight is 749 g/mol. The molecular formula is C44H45ClN10. The summed E-state index contributed by atoms with van der Waals surface area (Å²) in [7, 11) is 4.06. The second kappa shape index (κ2) is 16.7. The van der Waals surface area contributed by atoms with E-state index in [4.69, 9.17) is 11.6 Å². The summed E-state index contributed by atoms with van der Waals surface area (Å²) in [6, 6.07) is 39.3. The van der Waals surface area contributed by atoms with Crippen LogP contribution in [0.5, 0.6) is 0 Å². The van der Waals surface area contributed by atoms with Crippen LogP contribution in [0.2, 0.25) is 5.02 Å². The number of benzene rings is 4. The van der Waals surface area contributed by atoms with Crippen LogP contribution in [0.25, 0.3) is 44.6 Å². The minimum absolute atomic E-state index is 0.154. The van der Waals surface area contributed by atoms with E-state index in [0.29, 0.717) is 5.02 Å². The highest BCUT2D eigenvalue weighted by Crippen LogP contribution is 2.32. The average Bonchev–Trinajstić information content (AvgIpc) is 3.86. The lowest BCUT2D eigenvalue weighted by molar-refractivity contribution is 0.866. The van der Waals surface area contributed by atoms with Crippen molar-refractivity contribution in [1.82, 2.24) is 29.9 Å². The number of nitrogens with one attached hydrogen (secondary N) is 4. The van der Waals surface area contributed by atoms with Crippen molar-refractivity contribution in [3.05, 3.63) is 139 Å². The molecule has 0 aliphatic heterocycles. The molecule has 0 bridgehead atoms. The molecule has 4 N–H and O–H groups in total. The molecule has 4 aromatic carbocycles. The molecule has 0 amide bonds. The smallest absolute Gasteiger partial charge is 0.143 e. The first-order valence-corrected chi connectivity index (χ1v) is 18.8. The predicted octanol–water partition coefficient (Wildman–Crippen LogP) is 10.7. The van der Waals surface area contributed by atoms with Gasteiger partial charge in [0.05, 0.1) is 10.8 Å². The number of hydrogen-bond donors (Lipinski definition) is 4. The predicted molar refractivity (Wildman–Crippen MR) is 230 cm³/mol. The molecule has 4 heterocycles. The molecule has 11 heteroatoms. The minimum Gasteiger partial charge on any atom is -0.378 e. The molecule has 0 spiro atoms. The molecule has 10 nitrogen and oxygen atoms in total. The monoisotopic (exact) mass is 748 g/mol. The Morgan fingerprint density at radius 1 is 0.636 bits per heavy atom. The summed E-state index contributed by atoms with van der Waals surface area (Å²) in [4.78, 5) is 28.9. The zero-order valence-corrected chi connectivity index (χ0v) is 32.4. The Balaban J connectivity index is 0.000000170. The van der Waals surface area contributed by atoms with Crippen LogP contribution in [-0.4, -0.2) is 57.1 Å². The SMILES string of the molecule is CCN(CC)c1ccc(-c2cc3c(N[C@H](C)c4ccccc4)ncnc3[nH]2)cc1.CN(C)c1cccc(-c2cc3c(Nc4cccc(Cl)c4)ncnc3[nH]2)c1. The summed E-state index contributed by atoms with van der Waals surface area (Å²) in [5, 5.41) is 9.45. The van der Waals surface area contributed by atoms with Crippen LogP contribution in [-0.2, 0) is 0 Å². The van der Waals surface area contributed by atoms with Gasteiger partial charge in [-0.3, -0.25) is 0 Å². The van der Waals surface area contributed by atoms with Gasteiger partial charge in [0.15, 0.2) is 0 Å². The number of rotatable bonds is 11. The van der Waals surface area contributed by atoms with E-state index in [0.717, 1.165) is 80.7 Å². The summed E-state index contributed by atoms with van der Waals surface area (Å²) >= 11 is 6.07. The van der Waals surface area contributed by atoms with E-state index in [9.17, 15) is 0 Å². The summed E-state index contributed by atoms with van der Waals surface area (Å²) in [5.74, 6) is 1.58. The number of anilines is 5. The standard InChI is InChI=1S/C24H27N5.C20H18ClN5/c1-4-29(5-2)20-13-11-19(12-14-20)22-15-21-23(25-16-26-24(21)28-22)27-17(3)18-9-7-6-8-10-18;1-26(2)16-8-3-5-13(9-16)18-11-17-19(22-12-23-20(17)25-18)24-15-7-4-6-14(21)10-15/h6-17H,4-5H2,1-3H3,(H2,25,26,27,28);3-12H,1-2H3,(H2,22,23,24,25)/t17-;/m1./s1. The van der Waals surface area contributed by atoms with E-state index in [1.807, 2.05) is 50.5 Å². The lowest BCUT2D eigenvalue weighted by Crippen LogP contribution is -2.21. The van der Waals surface area contributed by atoms with Crippen LogP contribution >= 0.6 is 11.6 Å². The quantitative estimate of drug-likeness (QED) is 0.103. The third-order valence-corrected chi connectivity index (χ3v) is 9.81. The number of H-pyrrole nitrogens is 2. The van der Waals surface area contributed by atoms with Crippen LogP contribution in [0.1, 0.15) is 32.4 Å². The molecule has 0 aliphatic rings. The third kappa shape index (κ3) is 8.55. The summed E-state index contributed by atoms with van der Waals surface area (Å²) in [5.41, 5.74) is 10.4. The van der Waals surface area contributed by atoms with Gasteiger partial charge < -0.3 is 30.4 Å². The Morgan fingerprint density at radius 3 is 1.93 bits per heavy atom. The van der Waals surface area contributed by atoms with Gasteiger partial charge in [-0.2, -0.15) is 0 Å². The van der Waals surface area contributed by atoms with Crippen molar-refractivity contribution < 1.29 is 0 Å². The lowest BCUT2D eigenvalue weighted by atomic mass is 10.1. The van der Waals surface area contributed by atoms with E-state index in [2.05, 4.69) is 150 Å². The molecule has 0 fully saturated rings. The van der Waals surface area contributed by atoms with Crippen LogP contribution in [0.15, 0.2) is 128 Å². The molecule has 0 radical (unpaired) electrons. The molecule has 55 heavy (non-hydrogen) atoms. The van der Waals surface area contributed by atoms with Crippen molar-refractivity contribution in [3.8, 4) is 22.5 Å². The molecule has 278 valence electrons. The van der Waals surface area contributed by atoms with Crippen LogP contribution in [0.4, 0.5) is 28.7 Å². The summed E-state index contributed by atoms with van der Waals surface area (Å²) in [6.07, 6.45) is 3.15. The molecule has 0 saturated carbocycles. The van der Waals surface area contributed by atoms with Gasteiger partial charge in [0.25, 0.3) is 0 Å². The topological polar surface area (TPSA) is 114 Å².